The lowest BCUT2D eigenvalue weighted by Crippen LogP contribution is -2.57. The summed E-state index contributed by atoms with van der Waals surface area (Å²) >= 11 is 0. The van der Waals surface area contributed by atoms with E-state index in [4.69, 9.17) is 4.74 Å². The Labute approximate surface area is 163 Å². The summed E-state index contributed by atoms with van der Waals surface area (Å²) in [5, 5.41) is 6.08. The van der Waals surface area contributed by atoms with Gasteiger partial charge in [0.1, 0.15) is 5.75 Å². The maximum absolute atomic E-state index is 12.4. The number of ether oxygens (including phenoxy) is 1. The zero-order valence-corrected chi connectivity index (χ0v) is 16.8. The third kappa shape index (κ3) is 4.09. The summed E-state index contributed by atoms with van der Waals surface area (Å²) in [4.78, 5) is 12.4. The summed E-state index contributed by atoms with van der Waals surface area (Å²) < 4.78 is 5.67. The van der Waals surface area contributed by atoms with E-state index in [0.717, 1.165) is 36.3 Å². The van der Waals surface area contributed by atoms with E-state index in [9.17, 15) is 4.79 Å². The summed E-state index contributed by atoms with van der Waals surface area (Å²) in [5.74, 6) is 3.51. The van der Waals surface area contributed by atoms with Crippen molar-refractivity contribution in [2.24, 2.45) is 23.2 Å². The van der Waals surface area contributed by atoms with Gasteiger partial charge in [0.2, 0.25) is 0 Å². The van der Waals surface area contributed by atoms with Crippen LogP contribution in [0.15, 0.2) is 24.3 Å². The van der Waals surface area contributed by atoms with Crippen molar-refractivity contribution in [2.75, 3.05) is 6.73 Å². The van der Waals surface area contributed by atoms with Gasteiger partial charge in [-0.1, -0.05) is 25.5 Å². The van der Waals surface area contributed by atoms with Gasteiger partial charge in [0, 0.05) is 6.04 Å². The average Bonchev–Trinajstić information content (AvgIpc) is 2.62. The molecule has 4 nitrogen and oxygen atoms in total. The van der Waals surface area contributed by atoms with E-state index >= 15 is 0 Å². The van der Waals surface area contributed by atoms with Gasteiger partial charge >= 0.3 is 6.03 Å². The smallest absolute Gasteiger partial charge is 0.317 e. The Morgan fingerprint density at radius 1 is 1.11 bits per heavy atom. The third-order valence-corrected chi connectivity index (χ3v) is 7.29. The predicted octanol–water partition coefficient (Wildman–Crippen LogP) is 4.88. The molecule has 0 radical (unpaired) electrons. The molecule has 4 saturated carbocycles. The zero-order chi connectivity index (χ0) is 18.9. The van der Waals surface area contributed by atoms with Gasteiger partial charge in [-0.05, 0) is 92.7 Å². The van der Waals surface area contributed by atoms with Crippen LogP contribution in [0, 0.1) is 23.2 Å². The van der Waals surface area contributed by atoms with Gasteiger partial charge in [0.05, 0.1) is 0 Å². The molecule has 5 rings (SSSR count). The van der Waals surface area contributed by atoms with Crippen molar-refractivity contribution < 1.29 is 9.53 Å². The van der Waals surface area contributed by atoms with Gasteiger partial charge in [-0.2, -0.15) is 0 Å². The van der Waals surface area contributed by atoms with Crippen molar-refractivity contribution in [1.29, 1.82) is 0 Å². The predicted molar refractivity (Wildman–Crippen MR) is 108 cm³/mol. The highest BCUT2D eigenvalue weighted by molar-refractivity contribution is 5.74. The topological polar surface area (TPSA) is 50.4 Å². The largest absolute Gasteiger partial charge is 0.473 e. The molecular weight excluding hydrogens is 336 g/mol. The summed E-state index contributed by atoms with van der Waals surface area (Å²) in [6.45, 7) is 4.59. The molecule has 0 heterocycles. The van der Waals surface area contributed by atoms with E-state index in [0.29, 0.717) is 5.41 Å². The van der Waals surface area contributed by atoms with Crippen LogP contribution in [0.4, 0.5) is 4.79 Å². The number of carbonyl (C=O) groups excluding carboxylic acids is 1. The van der Waals surface area contributed by atoms with E-state index in [2.05, 4.69) is 36.6 Å². The minimum Gasteiger partial charge on any atom is -0.473 e. The fourth-order valence-corrected chi connectivity index (χ4v) is 6.33. The lowest BCUT2D eigenvalue weighted by Gasteiger charge is -2.59. The summed E-state index contributed by atoms with van der Waals surface area (Å²) in [6.07, 6.45) is 10.4. The van der Waals surface area contributed by atoms with Crippen LogP contribution in [0.2, 0.25) is 0 Å². The van der Waals surface area contributed by atoms with E-state index in [1.54, 1.807) is 0 Å². The molecule has 0 aromatic heterocycles. The standard InChI is InChI=1S/C23H34N2O2/c1-3-4-17-5-7-21(8-6-17)27-15-24-22(26)25-16(2)23-12-18-9-19(13-23)11-20(10-18)14-23/h5-8,16,18-20H,3-4,9-15H2,1-2H3,(H2,24,25,26). The van der Waals surface area contributed by atoms with Crippen molar-refractivity contribution in [3.05, 3.63) is 29.8 Å². The molecule has 4 bridgehead atoms. The highest BCUT2D eigenvalue weighted by atomic mass is 16.5. The molecule has 4 aliphatic rings. The van der Waals surface area contributed by atoms with Crippen molar-refractivity contribution in [1.82, 2.24) is 10.6 Å². The molecule has 0 saturated heterocycles. The number of benzene rings is 1. The SMILES string of the molecule is CCCc1ccc(OCNC(=O)NC(C)C23CC4CC(CC(C4)C2)C3)cc1. The van der Waals surface area contributed by atoms with Crippen molar-refractivity contribution in [3.63, 3.8) is 0 Å². The van der Waals surface area contributed by atoms with E-state index in [1.165, 1.54) is 44.1 Å². The number of hydrogen-bond donors (Lipinski definition) is 2. The van der Waals surface area contributed by atoms with Crippen molar-refractivity contribution >= 4 is 6.03 Å². The van der Waals surface area contributed by atoms with Crippen LogP contribution < -0.4 is 15.4 Å². The number of urea groups is 1. The molecule has 2 N–H and O–H groups in total. The fourth-order valence-electron chi connectivity index (χ4n) is 6.33. The minimum absolute atomic E-state index is 0.110. The molecule has 0 spiro atoms. The lowest BCUT2D eigenvalue weighted by molar-refractivity contribution is -0.0682. The van der Waals surface area contributed by atoms with E-state index in [1.807, 2.05) is 12.1 Å². The fraction of sp³-hybridized carbons (Fsp3) is 0.696. The number of nitrogens with one attached hydrogen (secondary N) is 2. The second-order valence-electron chi connectivity index (χ2n) is 9.33. The summed E-state index contributed by atoms with van der Waals surface area (Å²) in [6, 6.07) is 8.26. The van der Waals surface area contributed by atoms with Crippen LogP contribution in [0.3, 0.4) is 0 Å². The van der Waals surface area contributed by atoms with Crippen LogP contribution in [0.25, 0.3) is 0 Å². The van der Waals surface area contributed by atoms with Crippen LogP contribution >= 0.6 is 0 Å². The zero-order valence-electron chi connectivity index (χ0n) is 16.8. The summed E-state index contributed by atoms with van der Waals surface area (Å²) in [7, 11) is 0. The molecule has 1 atom stereocenters. The summed E-state index contributed by atoms with van der Waals surface area (Å²) in [5.41, 5.74) is 1.65. The Balaban J connectivity index is 1.23. The third-order valence-electron chi connectivity index (χ3n) is 7.29. The highest BCUT2D eigenvalue weighted by Crippen LogP contribution is 2.61. The molecule has 4 aliphatic carbocycles. The number of rotatable bonds is 7. The Bertz CT molecular complexity index is 620. The van der Waals surface area contributed by atoms with Crippen molar-refractivity contribution in [3.8, 4) is 5.75 Å². The second kappa shape index (κ2) is 7.73. The first kappa shape index (κ1) is 18.6. The van der Waals surface area contributed by atoms with Gasteiger partial charge in [0.15, 0.2) is 6.73 Å². The number of amides is 2. The quantitative estimate of drug-likeness (QED) is 0.672. The molecule has 148 valence electrons. The lowest BCUT2D eigenvalue weighted by atomic mass is 9.48. The van der Waals surface area contributed by atoms with Gasteiger partial charge < -0.3 is 15.4 Å². The van der Waals surface area contributed by atoms with Crippen LogP contribution in [-0.4, -0.2) is 18.8 Å². The van der Waals surface area contributed by atoms with Crippen LogP contribution in [-0.2, 0) is 6.42 Å². The van der Waals surface area contributed by atoms with Crippen molar-refractivity contribution in [2.45, 2.75) is 71.3 Å². The normalized spacial score (nSPS) is 32.1. The highest BCUT2D eigenvalue weighted by Gasteiger charge is 2.53. The molecule has 1 aromatic carbocycles. The first-order chi connectivity index (χ1) is 13.1. The van der Waals surface area contributed by atoms with Gasteiger partial charge in [-0.3, -0.25) is 0 Å². The number of aryl methyl sites for hydroxylation is 1. The Kier molecular flexibility index (Phi) is 5.34. The van der Waals surface area contributed by atoms with Gasteiger partial charge in [-0.25, -0.2) is 4.79 Å². The molecule has 1 unspecified atom stereocenters. The first-order valence-corrected chi connectivity index (χ1v) is 10.8. The van der Waals surface area contributed by atoms with E-state index < -0.39 is 0 Å². The molecule has 0 aliphatic heterocycles. The van der Waals surface area contributed by atoms with Crippen LogP contribution in [0.5, 0.6) is 5.75 Å². The molecule has 2 amide bonds. The first-order valence-electron chi connectivity index (χ1n) is 10.8. The van der Waals surface area contributed by atoms with Crippen LogP contribution in [0.1, 0.15) is 64.4 Å². The maximum Gasteiger partial charge on any atom is 0.317 e. The molecule has 1 aromatic rings. The molecule has 4 heteroatoms. The number of carbonyl (C=O) groups is 1. The van der Waals surface area contributed by atoms with E-state index in [-0.39, 0.29) is 18.8 Å². The second-order valence-corrected chi connectivity index (χ2v) is 9.33. The Hall–Kier alpha value is -1.71. The molecule has 27 heavy (non-hydrogen) atoms. The monoisotopic (exact) mass is 370 g/mol. The maximum atomic E-state index is 12.4. The molecule has 4 fully saturated rings. The average molecular weight is 371 g/mol. The van der Waals surface area contributed by atoms with Gasteiger partial charge in [0.25, 0.3) is 0 Å². The Morgan fingerprint density at radius 3 is 2.26 bits per heavy atom. The number of hydrogen-bond acceptors (Lipinski definition) is 2. The Morgan fingerprint density at radius 2 is 1.70 bits per heavy atom. The minimum atomic E-state index is -0.110. The van der Waals surface area contributed by atoms with Gasteiger partial charge in [-0.15, -0.1) is 0 Å². The molecular formula is C23H34N2O2.